The van der Waals surface area contributed by atoms with E-state index >= 15 is 0 Å². The van der Waals surface area contributed by atoms with Gasteiger partial charge in [-0.15, -0.1) is 0 Å². The second kappa shape index (κ2) is 7.02. The molecule has 0 radical (unpaired) electrons. The monoisotopic (exact) mass is 277 g/mol. The van der Waals surface area contributed by atoms with Gasteiger partial charge in [0.15, 0.2) is 0 Å². The summed E-state index contributed by atoms with van der Waals surface area (Å²) in [5.74, 6) is -0.566. The SMILES string of the molecule is NC(=O)COCCNC(=O)[C@H]1Cc2ccccc2CN1. The topological polar surface area (TPSA) is 93.5 Å². The molecule has 6 heteroatoms. The largest absolute Gasteiger partial charge is 0.370 e. The number of fused-ring (bicyclic) bond motifs is 1. The molecule has 0 fully saturated rings. The Bertz CT molecular complexity index is 490. The van der Waals surface area contributed by atoms with Crippen LogP contribution in [0.4, 0.5) is 0 Å². The van der Waals surface area contributed by atoms with Crippen LogP contribution in [0.2, 0.25) is 0 Å². The van der Waals surface area contributed by atoms with Crippen LogP contribution in [-0.2, 0) is 27.3 Å². The predicted molar refractivity (Wildman–Crippen MR) is 73.8 cm³/mol. The summed E-state index contributed by atoms with van der Waals surface area (Å²) in [4.78, 5) is 22.4. The molecule has 2 rings (SSSR count). The Labute approximate surface area is 117 Å². The van der Waals surface area contributed by atoms with Crippen LogP contribution in [0.3, 0.4) is 0 Å². The number of hydrogen-bond acceptors (Lipinski definition) is 4. The molecule has 0 bridgehead atoms. The maximum Gasteiger partial charge on any atom is 0.243 e. The lowest BCUT2D eigenvalue weighted by molar-refractivity contribution is -0.123. The van der Waals surface area contributed by atoms with E-state index in [-0.39, 0.29) is 25.2 Å². The molecule has 20 heavy (non-hydrogen) atoms. The van der Waals surface area contributed by atoms with Crippen LogP contribution in [0.25, 0.3) is 0 Å². The van der Waals surface area contributed by atoms with Gasteiger partial charge in [0, 0.05) is 13.1 Å². The van der Waals surface area contributed by atoms with Crippen molar-refractivity contribution >= 4 is 11.8 Å². The number of hydrogen-bond donors (Lipinski definition) is 3. The number of carbonyl (C=O) groups excluding carboxylic acids is 2. The molecular weight excluding hydrogens is 258 g/mol. The first kappa shape index (κ1) is 14.5. The first-order chi connectivity index (χ1) is 9.66. The number of rotatable bonds is 6. The minimum atomic E-state index is -0.512. The maximum atomic E-state index is 12.0. The number of primary amides is 1. The van der Waals surface area contributed by atoms with E-state index < -0.39 is 5.91 Å². The average Bonchev–Trinajstić information content (AvgIpc) is 2.46. The van der Waals surface area contributed by atoms with Crippen LogP contribution in [0.1, 0.15) is 11.1 Å². The number of benzene rings is 1. The van der Waals surface area contributed by atoms with Crippen molar-refractivity contribution in [1.29, 1.82) is 0 Å². The third-order valence-corrected chi connectivity index (χ3v) is 3.19. The van der Waals surface area contributed by atoms with Crippen molar-refractivity contribution < 1.29 is 14.3 Å². The zero-order valence-electron chi connectivity index (χ0n) is 11.2. The van der Waals surface area contributed by atoms with Crippen LogP contribution in [0.5, 0.6) is 0 Å². The van der Waals surface area contributed by atoms with Gasteiger partial charge in [-0.25, -0.2) is 0 Å². The summed E-state index contributed by atoms with van der Waals surface area (Å²) in [5.41, 5.74) is 7.38. The molecule has 1 atom stereocenters. The number of carbonyl (C=O) groups is 2. The van der Waals surface area contributed by atoms with E-state index in [1.807, 2.05) is 18.2 Å². The molecule has 0 aliphatic carbocycles. The highest BCUT2D eigenvalue weighted by molar-refractivity contribution is 5.82. The lowest BCUT2D eigenvalue weighted by atomic mass is 9.95. The second-order valence-electron chi connectivity index (χ2n) is 4.72. The smallest absolute Gasteiger partial charge is 0.243 e. The van der Waals surface area contributed by atoms with Crippen LogP contribution in [0.15, 0.2) is 24.3 Å². The normalized spacial score (nSPS) is 17.3. The Balaban J connectivity index is 1.73. The molecule has 6 nitrogen and oxygen atoms in total. The quantitative estimate of drug-likeness (QED) is 0.601. The van der Waals surface area contributed by atoms with Crippen molar-refractivity contribution in [2.75, 3.05) is 19.8 Å². The third-order valence-electron chi connectivity index (χ3n) is 3.19. The molecule has 108 valence electrons. The molecule has 1 aliphatic heterocycles. The molecule has 0 unspecified atom stereocenters. The first-order valence-electron chi connectivity index (χ1n) is 6.60. The van der Waals surface area contributed by atoms with Gasteiger partial charge >= 0.3 is 0 Å². The summed E-state index contributed by atoms with van der Waals surface area (Å²) in [6.45, 7) is 1.22. The third kappa shape index (κ3) is 4.04. The highest BCUT2D eigenvalue weighted by Gasteiger charge is 2.23. The summed E-state index contributed by atoms with van der Waals surface area (Å²) in [5, 5.41) is 5.99. The van der Waals surface area contributed by atoms with Gasteiger partial charge in [0.05, 0.1) is 12.6 Å². The molecule has 0 saturated carbocycles. The fourth-order valence-electron chi connectivity index (χ4n) is 2.18. The lowest BCUT2D eigenvalue weighted by Gasteiger charge is -2.25. The molecule has 1 aromatic carbocycles. The zero-order chi connectivity index (χ0) is 14.4. The second-order valence-corrected chi connectivity index (χ2v) is 4.72. The van der Waals surface area contributed by atoms with Gasteiger partial charge < -0.3 is 21.1 Å². The summed E-state index contributed by atoms with van der Waals surface area (Å²) < 4.78 is 4.98. The van der Waals surface area contributed by atoms with Crippen molar-refractivity contribution in [3.8, 4) is 0 Å². The van der Waals surface area contributed by atoms with Gasteiger partial charge in [-0.1, -0.05) is 24.3 Å². The number of amides is 2. The summed E-state index contributed by atoms with van der Waals surface area (Å²) in [6.07, 6.45) is 0.685. The fourth-order valence-corrected chi connectivity index (χ4v) is 2.18. The number of nitrogens with two attached hydrogens (primary N) is 1. The maximum absolute atomic E-state index is 12.0. The standard InChI is InChI=1S/C14H19N3O3/c15-13(18)9-20-6-5-16-14(19)12-7-10-3-1-2-4-11(10)8-17-12/h1-4,12,17H,5-9H2,(H2,15,18)(H,16,19)/t12-/m1/s1. The summed E-state index contributed by atoms with van der Waals surface area (Å²) in [6, 6.07) is 7.87. The molecule has 1 aliphatic rings. The van der Waals surface area contributed by atoms with Crippen LogP contribution >= 0.6 is 0 Å². The van der Waals surface area contributed by atoms with Gasteiger partial charge in [-0.05, 0) is 17.5 Å². The van der Waals surface area contributed by atoms with Crippen molar-refractivity contribution in [3.05, 3.63) is 35.4 Å². The molecule has 4 N–H and O–H groups in total. The van der Waals surface area contributed by atoms with E-state index in [4.69, 9.17) is 10.5 Å². The summed E-state index contributed by atoms with van der Waals surface area (Å²) in [7, 11) is 0. The van der Waals surface area contributed by atoms with E-state index in [9.17, 15) is 9.59 Å². The van der Waals surface area contributed by atoms with E-state index in [0.717, 1.165) is 0 Å². The van der Waals surface area contributed by atoms with Crippen LogP contribution < -0.4 is 16.4 Å². The molecule has 1 aromatic rings. The highest BCUT2D eigenvalue weighted by Crippen LogP contribution is 2.16. The molecular formula is C14H19N3O3. The summed E-state index contributed by atoms with van der Waals surface area (Å²) >= 11 is 0. The van der Waals surface area contributed by atoms with E-state index in [0.29, 0.717) is 19.5 Å². The molecule has 0 aromatic heterocycles. The first-order valence-corrected chi connectivity index (χ1v) is 6.60. The van der Waals surface area contributed by atoms with Gasteiger partial charge in [0.2, 0.25) is 11.8 Å². The Kier molecular flexibility index (Phi) is 5.09. The molecule has 0 spiro atoms. The van der Waals surface area contributed by atoms with Crippen molar-refractivity contribution in [2.24, 2.45) is 5.73 Å². The van der Waals surface area contributed by atoms with E-state index in [2.05, 4.69) is 16.7 Å². The fraction of sp³-hybridized carbons (Fsp3) is 0.429. The predicted octanol–water partition coefficient (Wildman–Crippen LogP) is -0.681. The van der Waals surface area contributed by atoms with Crippen molar-refractivity contribution in [3.63, 3.8) is 0 Å². The van der Waals surface area contributed by atoms with Gasteiger partial charge in [-0.3, -0.25) is 9.59 Å². The number of nitrogens with one attached hydrogen (secondary N) is 2. The molecule has 0 saturated heterocycles. The highest BCUT2D eigenvalue weighted by atomic mass is 16.5. The Hall–Kier alpha value is -1.92. The van der Waals surface area contributed by atoms with Gasteiger partial charge in [0.25, 0.3) is 0 Å². The lowest BCUT2D eigenvalue weighted by Crippen LogP contribution is -2.48. The van der Waals surface area contributed by atoms with Gasteiger partial charge in [0.1, 0.15) is 6.61 Å². The zero-order valence-corrected chi connectivity index (χ0v) is 11.2. The van der Waals surface area contributed by atoms with Gasteiger partial charge in [-0.2, -0.15) is 0 Å². The van der Waals surface area contributed by atoms with E-state index in [1.165, 1.54) is 11.1 Å². The molecule has 2 amide bonds. The Morgan fingerprint density at radius 3 is 2.85 bits per heavy atom. The molecule has 1 heterocycles. The Morgan fingerprint density at radius 2 is 2.10 bits per heavy atom. The number of ether oxygens (including phenoxy) is 1. The van der Waals surface area contributed by atoms with E-state index in [1.54, 1.807) is 0 Å². The van der Waals surface area contributed by atoms with Crippen molar-refractivity contribution in [2.45, 2.75) is 19.0 Å². The minimum absolute atomic E-state index is 0.0535. The van der Waals surface area contributed by atoms with Crippen LogP contribution in [-0.4, -0.2) is 37.6 Å². The Morgan fingerprint density at radius 1 is 1.35 bits per heavy atom. The minimum Gasteiger partial charge on any atom is -0.370 e. The van der Waals surface area contributed by atoms with Crippen LogP contribution in [0, 0.1) is 0 Å². The van der Waals surface area contributed by atoms with Crippen molar-refractivity contribution in [1.82, 2.24) is 10.6 Å². The average molecular weight is 277 g/mol.